The van der Waals surface area contributed by atoms with Gasteiger partial charge in [0.1, 0.15) is 0 Å². The molecule has 0 saturated carbocycles. The minimum atomic E-state index is 0.519. The zero-order chi connectivity index (χ0) is 12.4. The minimum Gasteiger partial charge on any atom is -0.397 e. The minimum absolute atomic E-state index is 0.519. The number of nitrogens with two attached hydrogens (primary N) is 1. The Balaban J connectivity index is 2.06. The van der Waals surface area contributed by atoms with Crippen molar-refractivity contribution in [2.45, 2.75) is 32.4 Å². The molecule has 0 aliphatic carbocycles. The normalized spacial score (nSPS) is 30.2. The number of likely N-dealkylation sites (tertiary alicyclic amines) is 1. The molecule has 0 amide bonds. The van der Waals surface area contributed by atoms with E-state index in [4.69, 9.17) is 5.73 Å². The lowest BCUT2D eigenvalue weighted by molar-refractivity contribution is 0.146. The van der Waals surface area contributed by atoms with Gasteiger partial charge in [-0.3, -0.25) is 0 Å². The van der Waals surface area contributed by atoms with Crippen LogP contribution in [0.2, 0.25) is 0 Å². The highest BCUT2D eigenvalue weighted by molar-refractivity contribution is 5.66. The van der Waals surface area contributed by atoms with E-state index in [0.29, 0.717) is 18.0 Å². The van der Waals surface area contributed by atoms with Crippen LogP contribution in [0.25, 0.3) is 0 Å². The molecular weight excluding hydrogens is 210 g/mol. The van der Waals surface area contributed by atoms with E-state index >= 15 is 0 Å². The molecule has 2 rings (SSSR count). The summed E-state index contributed by atoms with van der Waals surface area (Å²) in [5, 5.41) is 3.60. The van der Waals surface area contributed by atoms with Crippen molar-refractivity contribution in [2.24, 2.45) is 5.92 Å². The van der Waals surface area contributed by atoms with E-state index in [-0.39, 0.29) is 0 Å². The predicted molar refractivity (Wildman–Crippen MR) is 74.1 cm³/mol. The summed E-state index contributed by atoms with van der Waals surface area (Å²) in [7, 11) is 2.20. The lowest BCUT2D eigenvalue weighted by Crippen LogP contribution is -2.48. The summed E-state index contributed by atoms with van der Waals surface area (Å²) in [6, 6.07) is 9.17. The summed E-state index contributed by atoms with van der Waals surface area (Å²) in [6.45, 7) is 5.74. The first-order valence-corrected chi connectivity index (χ1v) is 6.39. The number of hydrogen-bond acceptors (Lipinski definition) is 3. The molecule has 1 heterocycles. The van der Waals surface area contributed by atoms with E-state index in [1.165, 1.54) is 6.42 Å². The van der Waals surface area contributed by atoms with Gasteiger partial charge in [0.05, 0.1) is 11.4 Å². The predicted octanol–water partition coefficient (Wildman–Crippen LogP) is 2.41. The third kappa shape index (κ3) is 2.72. The standard InChI is InChI=1S/C14H23N3/c1-10-9-17(3)11(2)8-14(10)16-13-7-5-4-6-12(13)15/h4-7,10-11,14,16H,8-9,15H2,1-3H3. The molecule has 3 atom stereocenters. The molecule has 3 nitrogen and oxygen atoms in total. The fourth-order valence-electron chi connectivity index (χ4n) is 2.57. The first kappa shape index (κ1) is 12.2. The molecule has 3 N–H and O–H groups in total. The van der Waals surface area contributed by atoms with Gasteiger partial charge < -0.3 is 16.0 Å². The van der Waals surface area contributed by atoms with Crippen LogP contribution in [0.5, 0.6) is 0 Å². The number of anilines is 2. The van der Waals surface area contributed by atoms with Crippen molar-refractivity contribution in [2.75, 3.05) is 24.6 Å². The molecule has 3 unspecified atom stereocenters. The van der Waals surface area contributed by atoms with Crippen molar-refractivity contribution < 1.29 is 0 Å². The van der Waals surface area contributed by atoms with Gasteiger partial charge >= 0.3 is 0 Å². The lowest BCUT2D eigenvalue weighted by Gasteiger charge is -2.40. The van der Waals surface area contributed by atoms with E-state index < -0.39 is 0 Å². The van der Waals surface area contributed by atoms with Gasteiger partial charge in [-0.25, -0.2) is 0 Å². The van der Waals surface area contributed by atoms with E-state index in [9.17, 15) is 0 Å². The summed E-state index contributed by atoms with van der Waals surface area (Å²) in [4.78, 5) is 2.43. The number of piperidine rings is 1. The smallest absolute Gasteiger partial charge is 0.0576 e. The number of nitrogen functional groups attached to an aromatic ring is 1. The highest BCUT2D eigenvalue weighted by atomic mass is 15.2. The van der Waals surface area contributed by atoms with Gasteiger partial charge in [0, 0.05) is 18.6 Å². The van der Waals surface area contributed by atoms with Crippen LogP contribution in [0.1, 0.15) is 20.3 Å². The van der Waals surface area contributed by atoms with Gasteiger partial charge in [0.25, 0.3) is 0 Å². The van der Waals surface area contributed by atoms with Crippen LogP contribution in [-0.2, 0) is 0 Å². The molecule has 1 fully saturated rings. The molecule has 0 bridgehead atoms. The summed E-state index contributed by atoms with van der Waals surface area (Å²) < 4.78 is 0. The summed E-state index contributed by atoms with van der Waals surface area (Å²) >= 11 is 0. The Morgan fingerprint density at radius 2 is 2.00 bits per heavy atom. The average molecular weight is 233 g/mol. The Morgan fingerprint density at radius 1 is 1.29 bits per heavy atom. The van der Waals surface area contributed by atoms with Gasteiger partial charge in [-0.1, -0.05) is 19.1 Å². The Morgan fingerprint density at radius 3 is 2.71 bits per heavy atom. The van der Waals surface area contributed by atoms with Crippen molar-refractivity contribution in [1.82, 2.24) is 4.90 Å². The Bertz CT molecular complexity index is 377. The van der Waals surface area contributed by atoms with Crippen LogP contribution < -0.4 is 11.1 Å². The average Bonchev–Trinajstić information content (AvgIpc) is 2.29. The second kappa shape index (κ2) is 4.96. The maximum absolute atomic E-state index is 5.97. The number of nitrogens with one attached hydrogen (secondary N) is 1. The number of para-hydroxylation sites is 2. The highest BCUT2D eigenvalue weighted by Crippen LogP contribution is 2.26. The van der Waals surface area contributed by atoms with Gasteiger partial charge in [-0.05, 0) is 38.4 Å². The molecule has 1 aromatic rings. The monoisotopic (exact) mass is 233 g/mol. The van der Waals surface area contributed by atoms with E-state index in [1.807, 2.05) is 18.2 Å². The zero-order valence-electron chi connectivity index (χ0n) is 11.0. The second-order valence-electron chi connectivity index (χ2n) is 5.34. The van der Waals surface area contributed by atoms with Gasteiger partial charge in [0.15, 0.2) is 0 Å². The molecule has 0 spiro atoms. The highest BCUT2D eigenvalue weighted by Gasteiger charge is 2.28. The van der Waals surface area contributed by atoms with E-state index in [1.54, 1.807) is 0 Å². The van der Waals surface area contributed by atoms with Crippen molar-refractivity contribution in [1.29, 1.82) is 0 Å². The molecule has 17 heavy (non-hydrogen) atoms. The van der Waals surface area contributed by atoms with Crippen molar-refractivity contribution in [3.05, 3.63) is 24.3 Å². The zero-order valence-corrected chi connectivity index (χ0v) is 11.0. The quantitative estimate of drug-likeness (QED) is 0.771. The van der Waals surface area contributed by atoms with Crippen LogP contribution in [0.15, 0.2) is 24.3 Å². The molecular formula is C14H23N3. The molecule has 1 aromatic carbocycles. The Labute approximate surface area is 104 Å². The Kier molecular flexibility index (Phi) is 3.57. The molecule has 1 saturated heterocycles. The van der Waals surface area contributed by atoms with E-state index in [0.717, 1.165) is 17.9 Å². The SMILES string of the molecule is CC1CN(C)C(C)CC1Nc1ccccc1N. The number of benzene rings is 1. The largest absolute Gasteiger partial charge is 0.397 e. The van der Waals surface area contributed by atoms with Gasteiger partial charge in [0.2, 0.25) is 0 Å². The third-order valence-electron chi connectivity index (χ3n) is 3.91. The number of hydrogen-bond donors (Lipinski definition) is 2. The van der Waals surface area contributed by atoms with E-state index in [2.05, 4.69) is 37.2 Å². The second-order valence-corrected chi connectivity index (χ2v) is 5.34. The summed E-state index contributed by atoms with van der Waals surface area (Å²) in [6.07, 6.45) is 1.17. The maximum atomic E-state index is 5.97. The van der Waals surface area contributed by atoms with Crippen LogP contribution in [-0.4, -0.2) is 30.6 Å². The molecule has 3 heteroatoms. The summed E-state index contributed by atoms with van der Waals surface area (Å²) in [5.41, 5.74) is 7.88. The van der Waals surface area contributed by atoms with Crippen LogP contribution >= 0.6 is 0 Å². The molecule has 1 aliphatic rings. The van der Waals surface area contributed by atoms with Crippen molar-refractivity contribution in [3.8, 4) is 0 Å². The van der Waals surface area contributed by atoms with Gasteiger partial charge in [-0.15, -0.1) is 0 Å². The topological polar surface area (TPSA) is 41.3 Å². The van der Waals surface area contributed by atoms with Crippen molar-refractivity contribution >= 4 is 11.4 Å². The van der Waals surface area contributed by atoms with Crippen LogP contribution in [0.3, 0.4) is 0 Å². The fraction of sp³-hybridized carbons (Fsp3) is 0.571. The molecule has 0 radical (unpaired) electrons. The van der Waals surface area contributed by atoms with Crippen LogP contribution in [0, 0.1) is 5.92 Å². The van der Waals surface area contributed by atoms with Crippen LogP contribution in [0.4, 0.5) is 11.4 Å². The maximum Gasteiger partial charge on any atom is 0.0576 e. The number of nitrogens with zero attached hydrogens (tertiary/aromatic N) is 1. The van der Waals surface area contributed by atoms with Gasteiger partial charge in [-0.2, -0.15) is 0 Å². The first-order valence-electron chi connectivity index (χ1n) is 6.39. The molecule has 0 aromatic heterocycles. The third-order valence-corrected chi connectivity index (χ3v) is 3.91. The van der Waals surface area contributed by atoms with Crippen molar-refractivity contribution in [3.63, 3.8) is 0 Å². The molecule has 1 aliphatic heterocycles. The lowest BCUT2D eigenvalue weighted by atomic mass is 9.89. The number of rotatable bonds is 2. The fourth-order valence-corrected chi connectivity index (χ4v) is 2.57. The first-order chi connectivity index (χ1) is 8.08. The Hall–Kier alpha value is -1.22. The summed E-state index contributed by atoms with van der Waals surface area (Å²) in [5.74, 6) is 0.649. The molecule has 94 valence electrons.